The Balaban J connectivity index is 1.55. The van der Waals surface area contributed by atoms with Gasteiger partial charge in [0.15, 0.2) is 0 Å². The third-order valence-electron chi connectivity index (χ3n) is 4.36. The Morgan fingerprint density at radius 2 is 1.69 bits per heavy atom. The first-order valence-electron chi connectivity index (χ1n) is 9.38. The second-order valence-electron chi connectivity index (χ2n) is 6.49. The van der Waals surface area contributed by atoms with E-state index >= 15 is 0 Å². The second-order valence-corrected chi connectivity index (χ2v) is 6.49. The Labute approximate surface area is 169 Å². The first kappa shape index (κ1) is 20.1. The van der Waals surface area contributed by atoms with Gasteiger partial charge in [0.25, 0.3) is 11.8 Å². The molecule has 2 N–H and O–H groups in total. The van der Waals surface area contributed by atoms with Crippen LogP contribution in [0.3, 0.4) is 0 Å². The van der Waals surface area contributed by atoms with Crippen LogP contribution in [0.1, 0.15) is 32.7 Å². The first-order chi connectivity index (χ1) is 14.2. The van der Waals surface area contributed by atoms with E-state index < -0.39 is 0 Å². The molecule has 0 saturated carbocycles. The van der Waals surface area contributed by atoms with Gasteiger partial charge in [-0.1, -0.05) is 36.4 Å². The van der Waals surface area contributed by atoms with Crippen molar-refractivity contribution in [3.63, 3.8) is 0 Å². The van der Waals surface area contributed by atoms with E-state index in [4.69, 9.17) is 4.74 Å². The molecule has 0 unspecified atom stereocenters. The monoisotopic (exact) mass is 389 g/mol. The topological polar surface area (TPSA) is 80.3 Å². The van der Waals surface area contributed by atoms with Crippen molar-refractivity contribution in [3.05, 3.63) is 89.7 Å². The maximum absolute atomic E-state index is 12.5. The van der Waals surface area contributed by atoms with E-state index in [2.05, 4.69) is 27.8 Å². The number of carbonyl (C=O) groups excluding carboxylic acids is 2. The van der Waals surface area contributed by atoms with Gasteiger partial charge in [0.1, 0.15) is 5.75 Å². The van der Waals surface area contributed by atoms with Gasteiger partial charge in [-0.15, -0.1) is 0 Å². The molecule has 3 rings (SSSR count). The van der Waals surface area contributed by atoms with Crippen LogP contribution in [-0.4, -0.2) is 30.5 Å². The van der Waals surface area contributed by atoms with Crippen molar-refractivity contribution in [1.29, 1.82) is 0 Å². The van der Waals surface area contributed by atoms with Gasteiger partial charge in [0.2, 0.25) is 0 Å². The molecule has 0 atom stereocenters. The van der Waals surface area contributed by atoms with E-state index in [9.17, 15) is 9.59 Å². The molecular formula is C23H23N3O3. The molecule has 0 radical (unpaired) electrons. The Morgan fingerprint density at radius 1 is 0.931 bits per heavy atom. The Bertz CT molecular complexity index is 974. The standard InChI is InChI=1S/C23H23N3O3/c1-29-21-11-5-10-20(14-21)26-23(28)19-13-18(15-24-16-19)22(27)25-12-6-9-17-7-3-2-4-8-17/h2-5,7-8,10-11,13-16H,6,9,12H2,1H3,(H,25,27)(H,26,28). The number of aromatic nitrogens is 1. The lowest BCUT2D eigenvalue weighted by molar-refractivity contribution is 0.0953. The van der Waals surface area contributed by atoms with Crippen molar-refractivity contribution >= 4 is 17.5 Å². The Hall–Kier alpha value is -3.67. The summed E-state index contributed by atoms with van der Waals surface area (Å²) in [5.74, 6) is 0.0515. The summed E-state index contributed by atoms with van der Waals surface area (Å²) >= 11 is 0. The van der Waals surface area contributed by atoms with Crippen molar-refractivity contribution in [2.45, 2.75) is 12.8 Å². The number of anilines is 1. The average Bonchev–Trinajstić information content (AvgIpc) is 2.77. The summed E-state index contributed by atoms with van der Waals surface area (Å²) in [6.07, 6.45) is 4.61. The van der Waals surface area contributed by atoms with Gasteiger partial charge in [-0.05, 0) is 36.6 Å². The van der Waals surface area contributed by atoms with Crippen molar-refractivity contribution < 1.29 is 14.3 Å². The van der Waals surface area contributed by atoms with E-state index in [1.165, 1.54) is 24.0 Å². The fourth-order valence-electron chi connectivity index (χ4n) is 2.83. The predicted octanol–water partition coefficient (Wildman–Crippen LogP) is 3.71. The maximum Gasteiger partial charge on any atom is 0.257 e. The molecule has 0 saturated heterocycles. The zero-order valence-electron chi connectivity index (χ0n) is 16.2. The fourth-order valence-corrected chi connectivity index (χ4v) is 2.83. The van der Waals surface area contributed by atoms with Crippen molar-refractivity contribution in [2.24, 2.45) is 0 Å². The van der Waals surface area contributed by atoms with Crippen molar-refractivity contribution in [1.82, 2.24) is 10.3 Å². The molecule has 6 heteroatoms. The van der Waals surface area contributed by atoms with E-state index in [1.54, 1.807) is 31.4 Å². The highest BCUT2D eigenvalue weighted by molar-refractivity contribution is 6.05. The third-order valence-corrected chi connectivity index (χ3v) is 4.36. The van der Waals surface area contributed by atoms with Gasteiger partial charge >= 0.3 is 0 Å². The molecule has 0 fully saturated rings. The van der Waals surface area contributed by atoms with Gasteiger partial charge in [-0.25, -0.2) is 0 Å². The molecule has 2 aromatic carbocycles. The summed E-state index contributed by atoms with van der Waals surface area (Å²) in [4.78, 5) is 28.9. The quantitative estimate of drug-likeness (QED) is 0.576. The van der Waals surface area contributed by atoms with Crippen LogP contribution in [0.25, 0.3) is 0 Å². The lowest BCUT2D eigenvalue weighted by Gasteiger charge is -2.08. The van der Waals surface area contributed by atoms with E-state index in [0.29, 0.717) is 29.1 Å². The number of methoxy groups -OCH3 is 1. The second kappa shape index (κ2) is 10.0. The number of nitrogens with zero attached hydrogens (tertiary/aromatic N) is 1. The number of aryl methyl sites for hydroxylation is 1. The number of carbonyl (C=O) groups is 2. The highest BCUT2D eigenvalue weighted by Crippen LogP contribution is 2.17. The minimum atomic E-state index is -0.343. The van der Waals surface area contributed by atoms with E-state index in [-0.39, 0.29) is 11.8 Å². The Morgan fingerprint density at radius 3 is 2.45 bits per heavy atom. The molecule has 1 aromatic heterocycles. The van der Waals surface area contributed by atoms with Crippen LogP contribution < -0.4 is 15.4 Å². The number of pyridine rings is 1. The number of amides is 2. The minimum Gasteiger partial charge on any atom is -0.497 e. The normalized spacial score (nSPS) is 10.2. The number of benzene rings is 2. The summed E-state index contributed by atoms with van der Waals surface area (Å²) in [6.45, 7) is 0.550. The molecule has 2 amide bonds. The smallest absolute Gasteiger partial charge is 0.257 e. The van der Waals surface area contributed by atoms with E-state index in [0.717, 1.165) is 12.8 Å². The molecule has 3 aromatic rings. The van der Waals surface area contributed by atoms with Crippen LogP contribution in [0.2, 0.25) is 0 Å². The molecule has 0 aliphatic carbocycles. The van der Waals surface area contributed by atoms with Crippen LogP contribution in [-0.2, 0) is 6.42 Å². The largest absolute Gasteiger partial charge is 0.497 e. The predicted molar refractivity (Wildman–Crippen MR) is 112 cm³/mol. The van der Waals surface area contributed by atoms with Gasteiger partial charge < -0.3 is 15.4 Å². The maximum atomic E-state index is 12.5. The molecule has 0 spiro atoms. The minimum absolute atomic E-state index is 0.249. The van der Waals surface area contributed by atoms with Crippen LogP contribution in [0.4, 0.5) is 5.69 Å². The molecule has 0 aliphatic rings. The number of hydrogen-bond acceptors (Lipinski definition) is 4. The summed E-state index contributed by atoms with van der Waals surface area (Å²) in [6, 6.07) is 18.7. The molecule has 29 heavy (non-hydrogen) atoms. The molecular weight excluding hydrogens is 366 g/mol. The number of ether oxygens (including phenoxy) is 1. The first-order valence-corrected chi connectivity index (χ1v) is 9.38. The highest BCUT2D eigenvalue weighted by atomic mass is 16.5. The van der Waals surface area contributed by atoms with Gasteiger partial charge in [0, 0.05) is 30.7 Å². The zero-order chi connectivity index (χ0) is 20.5. The Kier molecular flexibility index (Phi) is 6.95. The SMILES string of the molecule is COc1cccc(NC(=O)c2cncc(C(=O)NCCCc3ccccc3)c2)c1. The van der Waals surface area contributed by atoms with E-state index in [1.807, 2.05) is 18.2 Å². The number of rotatable bonds is 8. The third kappa shape index (κ3) is 5.90. The lowest BCUT2D eigenvalue weighted by Crippen LogP contribution is -2.25. The van der Waals surface area contributed by atoms with Gasteiger partial charge in [-0.3, -0.25) is 14.6 Å². The number of hydrogen-bond donors (Lipinski definition) is 2. The molecule has 148 valence electrons. The molecule has 0 aliphatic heterocycles. The average molecular weight is 389 g/mol. The van der Waals surface area contributed by atoms with Crippen molar-refractivity contribution in [2.75, 3.05) is 19.0 Å². The molecule has 6 nitrogen and oxygen atoms in total. The zero-order valence-corrected chi connectivity index (χ0v) is 16.2. The summed E-state index contributed by atoms with van der Waals surface area (Å²) in [5.41, 5.74) is 2.50. The fraction of sp³-hybridized carbons (Fsp3) is 0.174. The van der Waals surface area contributed by atoms with Crippen LogP contribution in [0.5, 0.6) is 5.75 Å². The lowest BCUT2D eigenvalue weighted by atomic mass is 10.1. The molecule has 0 bridgehead atoms. The van der Waals surface area contributed by atoms with Gasteiger partial charge in [0.05, 0.1) is 18.2 Å². The van der Waals surface area contributed by atoms with Gasteiger partial charge in [-0.2, -0.15) is 0 Å². The molecule has 1 heterocycles. The number of nitrogens with one attached hydrogen (secondary N) is 2. The summed E-state index contributed by atoms with van der Waals surface area (Å²) in [5, 5.41) is 5.65. The van der Waals surface area contributed by atoms with Crippen molar-refractivity contribution in [3.8, 4) is 5.75 Å². The highest BCUT2D eigenvalue weighted by Gasteiger charge is 2.12. The van der Waals surface area contributed by atoms with Crippen LogP contribution in [0, 0.1) is 0 Å². The van der Waals surface area contributed by atoms with Crippen LogP contribution in [0.15, 0.2) is 73.1 Å². The summed E-state index contributed by atoms with van der Waals surface area (Å²) in [7, 11) is 1.56. The van der Waals surface area contributed by atoms with Crippen LogP contribution >= 0.6 is 0 Å². The summed E-state index contributed by atoms with van der Waals surface area (Å²) < 4.78 is 5.15.